The third-order valence-corrected chi connectivity index (χ3v) is 4.60. The van der Waals surface area contributed by atoms with E-state index in [1.54, 1.807) is 6.07 Å². The van der Waals surface area contributed by atoms with E-state index in [9.17, 15) is 4.39 Å². The van der Waals surface area contributed by atoms with Gasteiger partial charge in [0.15, 0.2) is 0 Å². The fourth-order valence-corrected chi connectivity index (χ4v) is 3.43. The van der Waals surface area contributed by atoms with Crippen LogP contribution in [0.25, 0.3) is 0 Å². The molecule has 1 aliphatic rings. The van der Waals surface area contributed by atoms with Crippen LogP contribution >= 0.6 is 15.9 Å². The number of piperidine rings is 1. The van der Waals surface area contributed by atoms with Gasteiger partial charge in [0, 0.05) is 11.0 Å². The molecule has 0 aromatic heterocycles. The van der Waals surface area contributed by atoms with Crippen LogP contribution in [0.15, 0.2) is 22.7 Å². The highest BCUT2D eigenvalue weighted by atomic mass is 79.9. The Bertz CT molecular complexity index is 411. The number of benzene rings is 1. The van der Waals surface area contributed by atoms with E-state index in [2.05, 4.69) is 41.6 Å². The molecular weight excluding hydrogens is 305 g/mol. The van der Waals surface area contributed by atoms with E-state index in [1.807, 2.05) is 6.07 Å². The number of hydrogen-bond donors (Lipinski definition) is 0. The summed E-state index contributed by atoms with van der Waals surface area (Å²) in [5, 5.41) is 0. The summed E-state index contributed by atoms with van der Waals surface area (Å²) < 4.78 is 14.2. The molecule has 0 unspecified atom stereocenters. The Morgan fingerprint density at radius 1 is 1.21 bits per heavy atom. The largest absolute Gasteiger partial charge is 0.299 e. The first-order valence-corrected chi connectivity index (χ1v) is 7.81. The quantitative estimate of drug-likeness (QED) is 0.750. The molecule has 0 bridgehead atoms. The molecule has 0 aliphatic carbocycles. The van der Waals surface area contributed by atoms with Crippen molar-refractivity contribution in [3.05, 3.63) is 34.1 Å². The van der Waals surface area contributed by atoms with Crippen LogP contribution in [0.1, 0.15) is 39.2 Å². The van der Waals surface area contributed by atoms with Gasteiger partial charge in [0.2, 0.25) is 0 Å². The van der Waals surface area contributed by atoms with E-state index < -0.39 is 0 Å². The summed E-state index contributed by atoms with van der Waals surface area (Å²) in [6.07, 6.45) is 2.50. The second-order valence-electron chi connectivity index (χ2n) is 6.69. The summed E-state index contributed by atoms with van der Waals surface area (Å²) in [5.74, 6) is 0.650. The van der Waals surface area contributed by atoms with Gasteiger partial charge in [0.1, 0.15) is 5.82 Å². The molecule has 1 nitrogen and oxygen atoms in total. The smallest absolute Gasteiger partial charge is 0.124 e. The van der Waals surface area contributed by atoms with Crippen molar-refractivity contribution in [3.63, 3.8) is 0 Å². The summed E-state index contributed by atoms with van der Waals surface area (Å²) in [7, 11) is 0. The van der Waals surface area contributed by atoms with Gasteiger partial charge in [-0.3, -0.25) is 4.90 Å². The van der Waals surface area contributed by atoms with Crippen molar-refractivity contribution in [1.29, 1.82) is 0 Å². The molecule has 0 radical (unpaired) electrons. The van der Waals surface area contributed by atoms with E-state index in [0.717, 1.165) is 35.6 Å². The van der Waals surface area contributed by atoms with Crippen LogP contribution < -0.4 is 0 Å². The van der Waals surface area contributed by atoms with Gasteiger partial charge in [-0.2, -0.15) is 0 Å². The molecule has 0 atom stereocenters. The highest BCUT2D eigenvalue weighted by molar-refractivity contribution is 9.10. The molecule has 1 aromatic rings. The minimum atomic E-state index is -0.158. The SMILES string of the molecule is CC(C)(C)C1CCN(Cc2cc(F)cc(Br)c2)CC1. The van der Waals surface area contributed by atoms with Gasteiger partial charge in [0.25, 0.3) is 0 Å². The standard InChI is InChI=1S/C16H23BrFN/c1-16(2,3)13-4-6-19(7-5-13)11-12-8-14(17)10-15(18)9-12/h8-10,13H,4-7,11H2,1-3H3. The monoisotopic (exact) mass is 327 g/mol. The normalized spacial score (nSPS) is 18.8. The molecule has 1 aliphatic heterocycles. The Hall–Kier alpha value is -0.410. The van der Waals surface area contributed by atoms with Crippen molar-refractivity contribution < 1.29 is 4.39 Å². The molecular formula is C16H23BrFN. The highest BCUT2D eigenvalue weighted by Gasteiger charge is 2.28. The summed E-state index contributed by atoms with van der Waals surface area (Å²) in [6.45, 7) is 10.1. The molecule has 1 saturated heterocycles. The number of halogens is 2. The maximum Gasteiger partial charge on any atom is 0.124 e. The van der Waals surface area contributed by atoms with E-state index in [1.165, 1.54) is 18.9 Å². The zero-order valence-corrected chi connectivity index (χ0v) is 13.6. The van der Waals surface area contributed by atoms with Gasteiger partial charge in [-0.05, 0) is 61.0 Å². The molecule has 19 heavy (non-hydrogen) atoms. The van der Waals surface area contributed by atoms with Gasteiger partial charge in [0.05, 0.1) is 0 Å². The molecule has 1 heterocycles. The van der Waals surface area contributed by atoms with Crippen LogP contribution in [0.3, 0.4) is 0 Å². The van der Waals surface area contributed by atoms with Crippen LogP contribution in [-0.4, -0.2) is 18.0 Å². The second kappa shape index (κ2) is 5.92. The number of hydrogen-bond acceptors (Lipinski definition) is 1. The Balaban J connectivity index is 1.92. The Morgan fingerprint density at radius 2 is 1.84 bits per heavy atom. The van der Waals surface area contributed by atoms with Crippen LogP contribution in [0.2, 0.25) is 0 Å². The number of rotatable bonds is 2. The summed E-state index contributed by atoms with van der Waals surface area (Å²) in [6, 6.07) is 5.16. The first-order valence-electron chi connectivity index (χ1n) is 7.02. The third-order valence-electron chi connectivity index (χ3n) is 4.14. The highest BCUT2D eigenvalue weighted by Crippen LogP contribution is 2.34. The van der Waals surface area contributed by atoms with Crippen molar-refractivity contribution in [1.82, 2.24) is 4.90 Å². The number of nitrogens with zero attached hydrogens (tertiary/aromatic N) is 1. The van der Waals surface area contributed by atoms with Crippen LogP contribution in [0, 0.1) is 17.2 Å². The van der Waals surface area contributed by atoms with Crippen molar-refractivity contribution in [2.75, 3.05) is 13.1 Å². The van der Waals surface area contributed by atoms with E-state index in [0.29, 0.717) is 5.41 Å². The topological polar surface area (TPSA) is 3.24 Å². The molecule has 0 N–H and O–H groups in total. The van der Waals surface area contributed by atoms with Gasteiger partial charge in [-0.25, -0.2) is 4.39 Å². The lowest BCUT2D eigenvalue weighted by atomic mass is 9.75. The zero-order chi connectivity index (χ0) is 14.0. The first kappa shape index (κ1) is 15.0. The van der Waals surface area contributed by atoms with Crippen molar-refractivity contribution >= 4 is 15.9 Å². The number of likely N-dealkylation sites (tertiary alicyclic amines) is 1. The van der Waals surface area contributed by atoms with Gasteiger partial charge < -0.3 is 0 Å². The fourth-order valence-electron chi connectivity index (χ4n) is 2.92. The van der Waals surface area contributed by atoms with Gasteiger partial charge in [-0.15, -0.1) is 0 Å². The lowest BCUT2D eigenvalue weighted by Gasteiger charge is -2.38. The van der Waals surface area contributed by atoms with E-state index in [-0.39, 0.29) is 5.82 Å². The summed E-state index contributed by atoms with van der Waals surface area (Å²) >= 11 is 3.35. The Kier molecular flexibility index (Phi) is 4.67. The minimum Gasteiger partial charge on any atom is -0.299 e. The molecule has 2 rings (SSSR count). The van der Waals surface area contributed by atoms with Gasteiger partial charge in [-0.1, -0.05) is 36.7 Å². The Morgan fingerprint density at radius 3 is 2.37 bits per heavy atom. The minimum absolute atomic E-state index is 0.158. The van der Waals surface area contributed by atoms with Crippen molar-refractivity contribution in [2.24, 2.45) is 11.3 Å². The predicted octanol–water partition coefficient (Wildman–Crippen LogP) is 4.85. The average Bonchev–Trinajstić information content (AvgIpc) is 2.26. The second-order valence-corrected chi connectivity index (χ2v) is 7.61. The van der Waals surface area contributed by atoms with Crippen LogP contribution in [-0.2, 0) is 6.54 Å². The maximum atomic E-state index is 13.4. The fraction of sp³-hybridized carbons (Fsp3) is 0.625. The summed E-state index contributed by atoms with van der Waals surface area (Å²) in [4.78, 5) is 2.43. The van der Waals surface area contributed by atoms with Crippen LogP contribution in [0.5, 0.6) is 0 Å². The van der Waals surface area contributed by atoms with Crippen molar-refractivity contribution in [3.8, 4) is 0 Å². The molecule has 0 saturated carbocycles. The average molecular weight is 328 g/mol. The molecule has 1 aromatic carbocycles. The predicted molar refractivity (Wildman–Crippen MR) is 81.6 cm³/mol. The first-order chi connectivity index (χ1) is 8.84. The van der Waals surface area contributed by atoms with E-state index >= 15 is 0 Å². The van der Waals surface area contributed by atoms with Crippen molar-refractivity contribution in [2.45, 2.75) is 40.2 Å². The lowest BCUT2D eigenvalue weighted by molar-refractivity contribution is 0.108. The molecule has 0 spiro atoms. The molecule has 106 valence electrons. The summed E-state index contributed by atoms with van der Waals surface area (Å²) in [5.41, 5.74) is 1.47. The maximum absolute atomic E-state index is 13.4. The Labute approximate surface area is 124 Å². The van der Waals surface area contributed by atoms with Crippen LogP contribution in [0.4, 0.5) is 4.39 Å². The van der Waals surface area contributed by atoms with E-state index in [4.69, 9.17) is 0 Å². The zero-order valence-electron chi connectivity index (χ0n) is 12.0. The lowest BCUT2D eigenvalue weighted by Crippen LogP contribution is -2.37. The van der Waals surface area contributed by atoms with Gasteiger partial charge >= 0.3 is 0 Å². The molecule has 0 amide bonds. The molecule has 1 fully saturated rings. The molecule has 3 heteroatoms. The third kappa shape index (κ3) is 4.28.